The maximum Gasteiger partial charge on any atom is 0.490 e. The molecule has 288 valence electrons. The van der Waals surface area contributed by atoms with Crippen LogP contribution in [0.3, 0.4) is 0 Å². The van der Waals surface area contributed by atoms with E-state index in [4.69, 9.17) is 29.7 Å². The van der Waals surface area contributed by atoms with Crippen molar-refractivity contribution in [2.45, 2.75) is 50.4 Å². The van der Waals surface area contributed by atoms with E-state index in [1.54, 1.807) is 24.7 Å². The van der Waals surface area contributed by atoms with Crippen LogP contribution in [0.25, 0.3) is 0 Å². The van der Waals surface area contributed by atoms with Crippen molar-refractivity contribution in [1.29, 1.82) is 0 Å². The van der Waals surface area contributed by atoms with Crippen molar-refractivity contribution in [3.63, 3.8) is 0 Å². The number of hydrogen-bond donors (Lipinski definition) is 3. The lowest BCUT2D eigenvalue weighted by Crippen LogP contribution is -2.57. The van der Waals surface area contributed by atoms with Gasteiger partial charge in [-0.05, 0) is 43.5 Å². The van der Waals surface area contributed by atoms with Crippen LogP contribution < -0.4 is 0 Å². The number of carbonyl (C=O) groups is 5. The molecule has 52 heavy (non-hydrogen) atoms. The molecule has 3 aliphatic rings. The third-order valence-electron chi connectivity index (χ3n) is 8.20. The van der Waals surface area contributed by atoms with Gasteiger partial charge in [-0.25, -0.2) is 14.4 Å². The minimum absolute atomic E-state index is 0.0384. The first-order valence-corrected chi connectivity index (χ1v) is 15.0. The van der Waals surface area contributed by atoms with Gasteiger partial charge in [0.1, 0.15) is 0 Å². The highest BCUT2D eigenvalue weighted by Gasteiger charge is 2.61. The SMILES string of the molecule is CCN1C(=O)[C@H]2CN(Cc3cccnc3)C[C@H]2C12CCN(C(=O)c1cccnc1)CC2.O=C(O)C(F)(F)F.O=C(O)C(F)(F)F.O=C(O)C(F)(F)F. The Labute approximate surface area is 288 Å². The van der Waals surface area contributed by atoms with Gasteiger partial charge in [0.05, 0.1) is 17.0 Å². The Kier molecular flexibility index (Phi) is 14.5. The molecule has 1 spiro atoms. The number of likely N-dealkylation sites (tertiary alicyclic amines) is 3. The van der Waals surface area contributed by atoms with E-state index in [1.807, 2.05) is 23.2 Å². The summed E-state index contributed by atoms with van der Waals surface area (Å²) in [6.45, 7) is 6.77. The molecule has 3 aliphatic heterocycles. The van der Waals surface area contributed by atoms with Gasteiger partial charge in [-0.2, -0.15) is 39.5 Å². The minimum atomic E-state index is -5.08. The van der Waals surface area contributed by atoms with Crippen LogP contribution in [0, 0.1) is 11.8 Å². The second-order valence-electron chi connectivity index (χ2n) is 11.4. The van der Waals surface area contributed by atoms with E-state index in [9.17, 15) is 49.1 Å². The van der Waals surface area contributed by atoms with Gasteiger partial charge in [-0.15, -0.1) is 0 Å². The van der Waals surface area contributed by atoms with Crippen LogP contribution >= 0.6 is 0 Å². The van der Waals surface area contributed by atoms with Gasteiger partial charge in [-0.3, -0.25) is 24.5 Å². The van der Waals surface area contributed by atoms with Crippen LogP contribution in [0.15, 0.2) is 49.1 Å². The molecular formula is C30H32F9N5O8. The molecule has 3 fully saturated rings. The first-order valence-electron chi connectivity index (χ1n) is 15.0. The summed E-state index contributed by atoms with van der Waals surface area (Å²) < 4.78 is 95.2. The highest BCUT2D eigenvalue weighted by Crippen LogP contribution is 2.49. The van der Waals surface area contributed by atoms with Crippen LogP contribution in [0.1, 0.15) is 35.7 Å². The Morgan fingerprint density at radius 2 is 1.25 bits per heavy atom. The Morgan fingerprint density at radius 1 is 0.788 bits per heavy atom. The van der Waals surface area contributed by atoms with Gasteiger partial charge in [-0.1, -0.05) is 6.07 Å². The van der Waals surface area contributed by atoms with Crippen molar-refractivity contribution < 1.29 is 78.8 Å². The van der Waals surface area contributed by atoms with E-state index in [1.165, 1.54) is 5.56 Å². The molecule has 5 rings (SSSR count). The van der Waals surface area contributed by atoms with Gasteiger partial charge >= 0.3 is 36.4 Å². The van der Waals surface area contributed by atoms with Crippen molar-refractivity contribution in [3.05, 3.63) is 60.2 Å². The summed E-state index contributed by atoms with van der Waals surface area (Å²) in [5, 5.41) is 21.4. The average Bonchev–Trinajstić information content (AvgIpc) is 3.57. The van der Waals surface area contributed by atoms with Gasteiger partial charge in [0, 0.05) is 70.0 Å². The van der Waals surface area contributed by atoms with Gasteiger partial charge in [0.25, 0.3) is 5.91 Å². The monoisotopic (exact) mass is 761 g/mol. The molecule has 2 amide bonds. The summed E-state index contributed by atoms with van der Waals surface area (Å²) in [4.78, 5) is 67.7. The number of hydrogen-bond acceptors (Lipinski definition) is 8. The van der Waals surface area contributed by atoms with E-state index in [0.717, 1.165) is 39.0 Å². The molecule has 3 saturated heterocycles. The van der Waals surface area contributed by atoms with Crippen molar-refractivity contribution >= 4 is 29.7 Å². The van der Waals surface area contributed by atoms with Crippen LogP contribution in [0.4, 0.5) is 39.5 Å². The van der Waals surface area contributed by atoms with Crippen LogP contribution in [0.2, 0.25) is 0 Å². The highest BCUT2D eigenvalue weighted by molar-refractivity contribution is 5.94. The molecule has 2 atom stereocenters. The summed E-state index contributed by atoms with van der Waals surface area (Å²) in [6.07, 6.45) is -6.54. The maximum atomic E-state index is 13.3. The number of amides is 2. The van der Waals surface area contributed by atoms with Crippen molar-refractivity contribution in [1.82, 2.24) is 24.7 Å². The average molecular weight is 762 g/mol. The molecule has 3 N–H and O–H groups in total. The lowest BCUT2D eigenvalue weighted by molar-refractivity contribution is -0.193. The van der Waals surface area contributed by atoms with Crippen molar-refractivity contribution in [3.8, 4) is 0 Å². The predicted molar refractivity (Wildman–Crippen MR) is 157 cm³/mol. The Balaban J connectivity index is 0.000000365. The summed E-state index contributed by atoms with van der Waals surface area (Å²) >= 11 is 0. The number of pyridine rings is 2. The number of aliphatic carboxylic acids is 3. The van der Waals surface area contributed by atoms with E-state index >= 15 is 0 Å². The fourth-order valence-corrected chi connectivity index (χ4v) is 6.06. The number of carboxylic acid groups (broad SMARTS) is 3. The molecule has 0 bridgehead atoms. The summed E-state index contributed by atoms with van der Waals surface area (Å²) in [6, 6.07) is 7.68. The molecule has 0 saturated carbocycles. The lowest BCUT2D eigenvalue weighted by Gasteiger charge is -2.47. The zero-order valence-electron chi connectivity index (χ0n) is 27.0. The zero-order valence-corrected chi connectivity index (χ0v) is 27.0. The Bertz CT molecular complexity index is 1480. The second kappa shape index (κ2) is 17.5. The minimum Gasteiger partial charge on any atom is -0.475 e. The third-order valence-corrected chi connectivity index (χ3v) is 8.20. The number of alkyl halides is 9. The standard InChI is InChI=1S/C24H29N5O2.3C2HF3O2/c1-2-29-23(31)20-16-27(15-18-5-3-9-25-13-18)17-21(20)24(29)7-11-28(12-8-24)22(30)19-6-4-10-26-14-19;3*3-2(4,5)1(6)7/h3-6,9-10,13-14,20-21H,2,7-8,11-12,15-17H2,1H3;3*(H,6,7)/t20-,21+;;;/m0.../s1. The first-order chi connectivity index (χ1) is 24.0. The fourth-order valence-electron chi connectivity index (χ4n) is 6.06. The fraction of sp³-hybridized carbons (Fsp3) is 0.500. The summed E-state index contributed by atoms with van der Waals surface area (Å²) in [5.41, 5.74) is 1.69. The van der Waals surface area contributed by atoms with Crippen LogP contribution in [-0.4, -0.2) is 127 Å². The first kappa shape index (κ1) is 43.1. The highest BCUT2D eigenvalue weighted by atomic mass is 19.4. The molecule has 0 unspecified atom stereocenters. The molecular weight excluding hydrogens is 729 g/mol. The molecule has 13 nitrogen and oxygen atoms in total. The normalized spacial score (nSPS) is 19.6. The third kappa shape index (κ3) is 11.5. The summed E-state index contributed by atoms with van der Waals surface area (Å²) in [5.74, 6) is -7.54. The molecule has 0 aromatic carbocycles. The number of piperidine rings is 1. The maximum absolute atomic E-state index is 13.3. The number of fused-ring (bicyclic) bond motifs is 2. The largest absolute Gasteiger partial charge is 0.490 e. The number of halogens is 9. The topological polar surface area (TPSA) is 182 Å². The smallest absolute Gasteiger partial charge is 0.475 e. The van der Waals surface area contributed by atoms with E-state index in [0.29, 0.717) is 30.5 Å². The lowest BCUT2D eigenvalue weighted by atomic mass is 9.74. The zero-order chi connectivity index (χ0) is 39.7. The van der Waals surface area contributed by atoms with Crippen molar-refractivity contribution in [2.75, 3.05) is 32.7 Å². The van der Waals surface area contributed by atoms with Crippen LogP contribution in [-0.2, 0) is 25.7 Å². The number of carboxylic acids is 3. The van der Waals surface area contributed by atoms with Gasteiger partial charge < -0.3 is 25.1 Å². The molecule has 5 heterocycles. The molecule has 2 aromatic heterocycles. The Hall–Kier alpha value is -5.02. The molecule has 22 heteroatoms. The molecule has 2 aromatic rings. The number of carbonyl (C=O) groups excluding carboxylic acids is 2. The molecule has 0 aliphatic carbocycles. The van der Waals surface area contributed by atoms with E-state index in [-0.39, 0.29) is 17.4 Å². The Morgan fingerprint density at radius 3 is 1.63 bits per heavy atom. The number of aromatic nitrogens is 2. The number of rotatable bonds is 4. The van der Waals surface area contributed by atoms with Gasteiger partial charge in [0.15, 0.2) is 0 Å². The molecule has 0 radical (unpaired) electrons. The van der Waals surface area contributed by atoms with Crippen LogP contribution in [0.5, 0.6) is 0 Å². The quantitative estimate of drug-likeness (QED) is 0.384. The van der Waals surface area contributed by atoms with E-state index in [2.05, 4.69) is 32.8 Å². The second-order valence-corrected chi connectivity index (χ2v) is 11.4. The van der Waals surface area contributed by atoms with Crippen molar-refractivity contribution in [2.24, 2.45) is 11.8 Å². The summed E-state index contributed by atoms with van der Waals surface area (Å²) in [7, 11) is 0. The van der Waals surface area contributed by atoms with Gasteiger partial charge in [0.2, 0.25) is 5.91 Å². The number of nitrogens with zero attached hydrogens (tertiary/aromatic N) is 5. The van der Waals surface area contributed by atoms with E-state index < -0.39 is 36.4 Å². The predicted octanol–water partition coefficient (Wildman–Crippen LogP) is 3.96.